The molecule has 0 radical (unpaired) electrons. The van der Waals surface area contributed by atoms with Crippen LogP contribution in [0, 0.1) is 77.0 Å². The van der Waals surface area contributed by atoms with Gasteiger partial charge in [0.05, 0.1) is 15.3 Å². The van der Waals surface area contributed by atoms with Crippen molar-refractivity contribution in [1.29, 1.82) is 0 Å². The lowest BCUT2D eigenvalue weighted by Crippen LogP contribution is -2.60. The highest BCUT2D eigenvalue weighted by atomic mass is 32.2. The monoisotopic (exact) mass is 1480 g/mol. The van der Waals surface area contributed by atoms with Crippen molar-refractivity contribution in [3.8, 4) is 0 Å². The molecule has 9 rings (SSSR count). The second kappa shape index (κ2) is 35.2. The van der Waals surface area contributed by atoms with Crippen LogP contribution in [0.15, 0.2) is 99.8 Å². The summed E-state index contributed by atoms with van der Waals surface area (Å²) in [5.41, 5.74) is 10.1. The van der Waals surface area contributed by atoms with Crippen LogP contribution in [0.4, 0.5) is 9.59 Å². The molecule has 1 aromatic heterocycles. The number of nitrogens with one attached hydrogen (secondary N) is 8. The van der Waals surface area contributed by atoms with Crippen molar-refractivity contribution in [2.24, 2.45) is 46.2 Å². The Labute approximate surface area is 611 Å². The van der Waals surface area contributed by atoms with Gasteiger partial charge in [0.1, 0.15) is 55.1 Å². The lowest BCUT2D eigenvalue weighted by Gasteiger charge is -2.53. The maximum atomic E-state index is 15.5. The highest BCUT2D eigenvalue weighted by molar-refractivity contribution is 7.90. The fourth-order valence-electron chi connectivity index (χ4n) is 15.0. The number of amides is 7. The van der Waals surface area contributed by atoms with Gasteiger partial charge in [-0.25, -0.2) is 35.1 Å². The molecule has 4 fully saturated rings. The minimum atomic E-state index is -4.37. The standard InChI is InChI=1S/C76H105N11O15S2/c1-43(2)63(71(92)80-40-62(88)100-42-51-22-15-14-16-23-51)84-68(89)58(26-21-29-78-73(77)86-103(96,97)66-47(7)30-45(5)31-48(66)8)81-70(91)60(39-56-41-87(61-27-18-17-24-57(56)61)104(98,99)67-49(9)32-46(6)33-50(67)10)82-72(93)64(44(3)4)85-69(90)59(83-75(95)102-76(11,12)13)25-19-20-28-79-74(94)101-65-54-35-52-34-53(37-54)38-55(65)36-52/h14-18,22-24,27,30-33,41,43-44,52-55,58-60,63-65H,19-21,25-26,28-29,34-40,42H2,1-13H3,(H,79,94)(H,80,92)(H,81,91)(H,82,93)(H,83,95)(H,84,89)(H,85,90)(H3,77,78,86)/t52?,53?,54?,55?,58-,59-,60-,63-,64-,65?/m0/s1. The van der Waals surface area contributed by atoms with Crippen LogP contribution in [0.3, 0.4) is 0 Å². The van der Waals surface area contributed by atoms with Gasteiger partial charge in [0.2, 0.25) is 35.5 Å². The minimum absolute atomic E-state index is 0.0156. The zero-order valence-electron chi connectivity index (χ0n) is 62.0. The van der Waals surface area contributed by atoms with Gasteiger partial charge in [0.25, 0.3) is 20.0 Å². The van der Waals surface area contributed by atoms with E-state index in [1.807, 2.05) is 19.9 Å². The highest BCUT2D eigenvalue weighted by Gasteiger charge is 2.50. The van der Waals surface area contributed by atoms with Gasteiger partial charge in [-0.05, 0) is 201 Å². The fourth-order valence-corrected chi connectivity index (χ4v) is 18.3. The third-order valence-electron chi connectivity index (χ3n) is 19.3. The molecule has 28 heteroatoms. The summed E-state index contributed by atoms with van der Waals surface area (Å²) in [5.74, 6) is -4.71. The van der Waals surface area contributed by atoms with Crippen LogP contribution in [0.5, 0.6) is 0 Å². The quantitative estimate of drug-likeness (QED) is 0.00646. The molecule has 4 aliphatic carbocycles. The van der Waals surface area contributed by atoms with Crippen molar-refractivity contribution < 1.29 is 69.4 Å². The Morgan fingerprint density at radius 1 is 0.596 bits per heavy atom. The third kappa shape index (κ3) is 21.6. The van der Waals surface area contributed by atoms with E-state index in [1.54, 1.807) is 149 Å². The Morgan fingerprint density at radius 2 is 1.12 bits per heavy atom. The van der Waals surface area contributed by atoms with E-state index in [-0.39, 0.29) is 65.9 Å². The molecule has 0 saturated heterocycles. The van der Waals surface area contributed by atoms with Crippen molar-refractivity contribution in [1.82, 2.24) is 45.9 Å². The van der Waals surface area contributed by atoms with Gasteiger partial charge < -0.3 is 57.2 Å². The van der Waals surface area contributed by atoms with Crippen LogP contribution in [-0.4, -0.2) is 136 Å². The molecule has 26 nitrogen and oxygen atoms in total. The number of aromatic nitrogens is 1. The van der Waals surface area contributed by atoms with E-state index in [1.165, 1.54) is 12.6 Å². The van der Waals surface area contributed by atoms with Crippen molar-refractivity contribution in [3.05, 3.63) is 130 Å². The zero-order valence-corrected chi connectivity index (χ0v) is 63.7. The molecular formula is C76H105N11O15S2. The van der Waals surface area contributed by atoms with Gasteiger partial charge in [-0.1, -0.05) is 112 Å². The number of benzene rings is 4. The number of para-hydroxylation sites is 1. The van der Waals surface area contributed by atoms with Gasteiger partial charge in [-0.15, -0.1) is 0 Å². The number of fused-ring (bicyclic) bond motifs is 1. The predicted octanol–water partition coefficient (Wildman–Crippen LogP) is 8.07. The molecule has 7 amide bonds. The Hall–Kier alpha value is -9.05. The highest BCUT2D eigenvalue weighted by Crippen LogP contribution is 2.54. The molecule has 0 spiro atoms. The summed E-state index contributed by atoms with van der Waals surface area (Å²) in [4.78, 5) is 118. The van der Waals surface area contributed by atoms with E-state index in [0.29, 0.717) is 69.7 Å². The summed E-state index contributed by atoms with van der Waals surface area (Å²) in [6, 6.07) is 15.2. The number of sulfonamides is 1. The van der Waals surface area contributed by atoms with Crippen molar-refractivity contribution in [3.63, 3.8) is 0 Å². The number of alkyl carbamates (subject to hydrolysis) is 2. The molecule has 5 atom stereocenters. The number of hydrogen-bond donors (Lipinski definition) is 9. The summed E-state index contributed by atoms with van der Waals surface area (Å²) in [7, 11) is -8.60. The molecule has 10 N–H and O–H groups in total. The number of carbonyl (C=O) groups excluding carboxylic acids is 8. The number of rotatable bonds is 32. The second-order valence-electron chi connectivity index (χ2n) is 30.0. The molecule has 0 aliphatic heterocycles. The largest absolute Gasteiger partial charge is 0.460 e. The second-order valence-corrected chi connectivity index (χ2v) is 33.4. The number of esters is 1. The van der Waals surface area contributed by atoms with Crippen molar-refractivity contribution >= 4 is 84.6 Å². The molecule has 0 unspecified atom stereocenters. The van der Waals surface area contributed by atoms with Gasteiger partial charge >= 0.3 is 18.2 Å². The molecule has 566 valence electrons. The topological polar surface area (TPSA) is 372 Å². The summed E-state index contributed by atoms with van der Waals surface area (Å²) in [6.07, 6.45) is 5.44. The molecule has 104 heavy (non-hydrogen) atoms. The molecule has 4 bridgehead atoms. The van der Waals surface area contributed by atoms with Gasteiger partial charge in [0, 0.05) is 31.1 Å². The maximum Gasteiger partial charge on any atom is 0.408 e. The number of nitrogens with two attached hydrogens (primary N) is 1. The summed E-state index contributed by atoms with van der Waals surface area (Å²) < 4.78 is 77.7. The Balaban J connectivity index is 1.07. The minimum Gasteiger partial charge on any atom is -0.460 e. The van der Waals surface area contributed by atoms with Crippen molar-refractivity contribution in [2.45, 2.75) is 219 Å². The molecular weight excluding hydrogens is 1370 g/mol. The summed E-state index contributed by atoms with van der Waals surface area (Å²) >= 11 is 0. The first kappa shape index (κ1) is 80.6. The van der Waals surface area contributed by atoms with E-state index in [0.717, 1.165) is 40.8 Å². The third-order valence-corrected chi connectivity index (χ3v) is 23.0. The average molecular weight is 1480 g/mol. The number of ether oxygens (including phenoxy) is 3. The molecule has 4 saturated carbocycles. The maximum absolute atomic E-state index is 15.5. The van der Waals surface area contributed by atoms with E-state index >= 15 is 9.59 Å². The summed E-state index contributed by atoms with van der Waals surface area (Å²) in [6.45, 7) is 21.3. The number of nitrogens with zero attached hydrogens (tertiary/aromatic N) is 2. The number of unbranched alkanes of at least 4 members (excludes halogenated alkanes) is 1. The van der Waals surface area contributed by atoms with Gasteiger partial charge in [-0.2, -0.15) is 0 Å². The lowest BCUT2D eigenvalue weighted by molar-refractivity contribution is -0.145. The molecule has 4 aromatic carbocycles. The van der Waals surface area contributed by atoms with Crippen LogP contribution in [0.2, 0.25) is 0 Å². The van der Waals surface area contributed by atoms with E-state index in [4.69, 9.17) is 19.9 Å². The first-order valence-electron chi connectivity index (χ1n) is 35.9. The van der Waals surface area contributed by atoms with E-state index in [2.05, 4.69) is 46.9 Å². The molecule has 4 aliphatic rings. The zero-order chi connectivity index (χ0) is 76.1. The van der Waals surface area contributed by atoms with Crippen LogP contribution < -0.4 is 47.7 Å². The predicted molar refractivity (Wildman–Crippen MR) is 395 cm³/mol. The number of guanidine groups is 1. The Bertz CT molecular complexity index is 4150. The van der Waals surface area contributed by atoms with Crippen LogP contribution in [-0.2, 0) is 76.1 Å². The lowest BCUT2D eigenvalue weighted by atomic mass is 9.55. The molecule has 5 aromatic rings. The smallest absolute Gasteiger partial charge is 0.408 e. The number of aryl methyl sites for hydroxylation is 6. The van der Waals surface area contributed by atoms with Gasteiger partial charge in [-0.3, -0.25) is 33.8 Å². The Morgan fingerprint density at radius 3 is 1.69 bits per heavy atom. The number of hydrogen-bond acceptors (Lipinski definition) is 16. The number of carbonyl (C=O) groups is 8. The van der Waals surface area contributed by atoms with E-state index < -0.39 is 134 Å². The van der Waals surface area contributed by atoms with Crippen molar-refractivity contribution in [2.75, 3.05) is 19.6 Å². The fraction of sp³-hybridized carbons (Fsp3) is 0.539. The normalized spacial score (nSPS) is 18.7. The first-order chi connectivity index (χ1) is 49.0. The Kier molecular flexibility index (Phi) is 27.3. The average Bonchev–Trinajstić information content (AvgIpc) is 1.46. The van der Waals surface area contributed by atoms with Crippen LogP contribution in [0.25, 0.3) is 10.9 Å². The summed E-state index contributed by atoms with van der Waals surface area (Å²) in [5, 5.41) is 19.5. The van der Waals surface area contributed by atoms with Crippen LogP contribution >= 0.6 is 0 Å². The first-order valence-corrected chi connectivity index (χ1v) is 38.9. The number of aliphatic imine (C=N–C) groups is 1. The van der Waals surface area contributed by atoms with Gasteiger partial charge in [0.15, 0.2) is 0 Å². The SMILES string of the molecule is Cc1cc(C)c(S(=O)(=O)NC(N)=NCCC[C@H](NC(=O)[C@H](Cc2cn(S(=O)(=O)c3c(C)cc(C)cc3C)c3ccccc23)NC(=O)[C@@H](NC(=O)[C@H](CCCCNC(=O)OC2C3CC4CC(C3)CC2C4)NC(=O)OC(C)(C)C)C(C)C)C(=O)N[C@H](C(=O)NCC(=O)OCc2ccccc2)C(C)C)c(C)c1. The molecule has 1 heterocycles. The van der Waals surface area contributed by atoms with Crippen LogP contribution in [0.1, 0.15) is 157 Å². The van der Waals surface area contributed by atoms with E-state index in [9.17, 15) is 45.6 Å².